The molecule has 3 unspecified atom stereocenters. The van der Waals surface area contributed by atoms with Gasteiger partial charge in [0.15, 0.2) is 5.41 Å². The van der Waals surface area contributed by atoms with Gasteiger partial charge in [0.05, 0.1) is 29.6 Å². The van der Waals surface area contributed by atoms with Crippen molar-refractivity contribution in [2.24, 2.45) is 5.41 Å². The number of hydrogen-bond acceptors (Lipinski definition) is 9. The number of amides is 4. The Morgan fingerprint density at radius 2 is 1.85 bits per heavy atom. The van der Waals surface area contributed by atoms with Crippen molar-refractivity contribution >= 4 is 46.2 Å². The largest absolute Gasteiger partial charge is 0.372 e. The SMILES string of the molecule is CC1CN2c3c(nc4c(-c5ccncc5)noc4c3Cl)CC3(C(=O)NC(=O)NC3=O)C2C(C)O1. The zero-order valence-electron chi connectivity index (χ0n) is 18.2. The molecular weight excluding hydrogens is 464 g/mol. The fourth-order valence-electron chi connectivity index (χ4n) is 5.46. The minimum absolute atomic E-state index is 0.0762. The third-order valence-corrected chi connectivity index (χ3v) is 7.08. The van der Waals surface area contributed by atoms with Crippen LogP contribution in [0.25, 0.3) is 22.4 Å². The molecule has 1 spiro atoms. The molecule has 12 heteroatoms. The summed E-state index contributed by atoms with van der Waals surface area (Å²) in [5, 5.41) is 8.99. The Labute approximate surface area is 197 Å². The second-order valence-electron chi connectivity index (χ2n) is 8.80. The zero-order chi connectivity index (χ0) is 23.8. The van der Waals surface area contributed by atoms with Gasteiger partial charge >= 0.3 is 6.03 Å². The van der Waals surface area contributed by atoms with Gasteiger partial charge in [-0.1, -0.05) is 16.8 Å². The van der Waals surface area contributed by atoms with E-state index in [4.69, 9.17) is 25.8 Å². The van der Waals surface area contributed by atoms with E-state index in [9.17, 15) is 14.4 Å². The highest BCUT2D eigenvalue weighted by atomic mass is 35.5. The van der Waals surface area contributed by atoms with Crippen LogP contribution in [0.2, 0.25) is 5.02 Å². The number of aromatic nitrogens is 3. The maximum absolute atomic E-state index is 13.3. The van der Waals surface area contributed by atoms with E-state index in [1.165, 1.54) is 0 Å². The van der Waals surface area contributed by atoms with E-state index in [1.54, 1.807) is 31.5 Å². The standard InChI is InChI=1S/C22H19ClN6O5/c1-9-8-29-16-12(7-22(18(29)10(2)33-9)19(30)26-21(32)27-20(22)31)25-15-14(11-3-5-24-6-4-11)28-34-17(15)13(16)23/h3-6,9-10,18H,7-8H2,1-2H3,(H2,26,27,30,31,32). The lowest BCUT2D eigenvalue weighted by molar-refractivity contribution is -0.153. The molecule has 3 aliphatic rings. The van der Waals surface area contributed by atoms with Crippen LogP contribution in [0.5, 0.6) is 0 Å². The van der Waals surface area contributed by atoms with E-state index in [-0.39, 0.29) is 12.5 Å². The van der Waals surface area contributed by atoms with Crippen molar-refractivity contribution in [1.29, 1.82) is 0 Å². The third kappa shape index (κ3) is 2.74. The summed E-state index contributed by atoms with van der Waals surface area (Å²) in [7, 11) is 0. The Hall–Kier alpha value is -3.57. The van der Waals surface area contributed by atoms with Gasteiger partial charge in [-0.3, -0.25) is 25.2 Å². The number of fused-ring (bicyclic) bond motifs is 5. The number of carbonyl (C=O) groups is 3. The van der Waals surface area contributed by atoms with Crippen LogP contribution in [0.1, 0.15) is 19.5 Å². The molecule has 0 aliphatic carbocycles. The predicted octanol–water partition coefficient (Wildman–Crippen LogP) is 1.83. The number of barbiturate groups is 1. The van der Waals surface area contributed by atoms with E-state index in [0.717, 1.165) is 5.56 Å². The van der Waals surface area contributed by atoms with Crippen molar-refractivity contribution < 1.29 is 23.6 Å². The normalized spacial score (nSPS) is 25.7. The average molecular weight is 483 g/mol. The number of halogens is 1. The smallest absolute Gasteiger partial charge is 0.328 e. The average Bonchev–Trinajstić information content (AvgIpc) is 3.21. The molecule has 2 saturated heterocycles. The van der Waals surface area contributed by atoms with Crippen molar-refractivity contribution in [3.63, 3.8) is 0 Å². The Balaban J connectivity index is 1.61. The molecule has 0 aromatic carbocycles. The maximum Gasteiger partial charge on any atom is 0.328 e. The van der Waals surface area contributed by atoms with Crippen LogP contribution in [0.3, 0.4) is 0 Å². The Morgan fingerprint density at radius 1 is 1.15 bits per heavy atom. The highest BCUT2D eigenvalue weighted by Crippen LogP contribution is 2.50. The summed E-state index contributed by atoms with van der Waals surface area (Å²) in [4.78, 5) is 49.2. The summed E-state index contributed by atoms with van der Waals surface area (Å²) in [6.45, 7) is 4.05. The molecule has 3 aromatic heterocycles. The number of anilines is 1. The predicted molar refractivity (Wildman–Crippen MR) is 119 cm³/mol. The number of carbonyl (C=O) groups excluding carboxylic acids is 3. The molecular formula is C22H19ClN6O5. The molecule has 11 nitrogen and oxygen atoms in total. The molecule has 3 atom stereocenters. The number of morpholine rings is 1. The number of rotatable bonds is 1. The summed E-state index contributed by atoms with van der Waals surface area (Å²) in [5.74, 6) is -1.38. The number of ether oxygens (including phenoxy) is 1. The van der Waals surface area contributed by atoms with Gasteiger partial charge in [-0.2, -0.15) is 0 Å². The molecule has 4 amide bonds. The van der Waals surface area contributed by atoms with Gasteiger partial charge in [0.25, 0.3) is 0 Å². The van der Waals surface area contributed by atoms with E-state index in [2.05, 4.69) is 20.8 Å². The van der Waals surface area contributed by atoms with Crippen LogP contribution in [-0.2, 0) is 20.7 Å². The van der Waals surface area contributed by atoms with Crippen molar-refractivity contribution in [1.82, 2.24) is 25.8 Å². The monoisotopic (exact) mass is 482 g/mol. The van der Waals surface area contributed by atoms with Crippen molar-refractivity contribution in [3.05, 3.63) is 35.2 Å². The van der Waals surface area contributed by atoms with E-state index in [1.807, 2.05) is 11.8 Å². The topological polar surface area (TPSA) is 140 Å². The molecule has 6 rings (SSSR count). The number of imide groups is 2. The second-order valence-corrected chi connectivity index (χ2v) is 9.18. The summed E-state index contributed by atoms with van der Waals surface area (Å²) < 4.78 is 11.6. The van der Waals surface area contributed by atoms with Gasteiger partial charge in [-0.25, -0.2) is 9.78 Å². The van der Waals surface area contributed by atoms with Crippen molar-refractivity contribution in [3.8, 4) is 11.3 Å². The Kier molecular flexibility index (Phi) is 4.45. The van der Waals surface area contributed by atoms with Crippen LogP contribution in [-0.4, -0.2) is 57.8 Å². The van der Waals surface area contributed by atoms with Gasteiger partial charge < -0.3 is 14.2 Å². The molecule has 3 aromatic rings. The fourth-order valence-corrected chi connectivity index (χ4v) is 5.80. The summed E-state index contributed by atoms with van der Waals surface area (Å²) in [6.07, 6.45) is 2.45. The van der Waals surface area contributed by atoms with Gasteiger partial charge in [0, 0.05) is 30.9 Å². The maximum atomic E-state index is 13.3. The summed E-state index contributed by atoms with van der Waals surface area (Å²) in [5.41, 5.74) is 1.28. The number of nitrogens with zero attached hydrogens (tertiary/aromatic N) is 4. The van der Waals surface area contributed by atoms with Crippen LogP contribution in [0.4, 0.5) is 10.5 Å². The highest BCUT2D eigenvalue weighted by molar-refractivity contribution is 6.38. The molecule has 174 valence electrons. The molecule has 3 aliphatic heterocycles. The molecule has 34 heavy (non-hydrogen) atoms. The zero-order valence-corrected chi connectivity index (χ0v) is 18.9. The van der Waals surface area contributed by atoms with Gasteiger partial charge in [-0.15, -0.1) is 0 Å². The number of nitrogens with one attached hydrogen (secondary N) is 2. The molecule has 0 bridgehead atoms. The summed E-state index contributed by atoms with van der Waals surface area (Å²) in [6, 6.07) is 1.96. The number of hydrogen-bond donors (Lipinski definition) is 2. The first kappa shape index (κ1) is 21.0. The Morgan fingerprint density at radius 3 is 2.56 bits per heavy atom. The van der Waals surface area contributed by atoms with Gasteiger partial charge in [-0.05, 0) is 26.0 Å². The first-order valence-electron chi connectivity index (χ1n) is 10.8. The van der Waals surface area contributed by atoms with Crippen molar-refractivity contribution in [2.45, 2.75) is 38.5 Å². The highest BCUT2D eigenvalue weighted by Gasteiger charge is 2.63. The van der Waals surface area contributed by atoms with Crippen LogP contribution >= 0.6 is 11.6 Å². The first-order valence-corrected chi connectivity index (χ1v) is 11.2. The van der Waals surface area contributed by atoms with E-state index in [0.29, 0.717) is 39.7 Å². The lowest BCUT2D eigenvalue weighted by atomic mass is 9.67. The molecule has 0 saturated carbocycles. The van der Waals surface area contributed by atoms with Crippen LogP contribution in [0.15, 0.2) is 29.0 Å². The summed E-state index contributed by atoms with van der Waals surface area (Å²) >= 11 is 6.88. The van der Waals surface area contributed by atoms with E-state index >= 15 is 0 Å². The fraction of sp³-hybridized carbons (Fsp3) is 0.364. The number of urea groups is 1. The minimum Gasteiger partial charge on any atom is -0.372 e. The molecule has 2 fully saturated rings. The lowest BCUT2D eigenvalue weighted by Gasteiger charge is -2.55. The lowest BCUT2D eigenvalue weighted by Crippen LogP contribution is -2.75. The second kappa shape index (κ2) is 7.21. The van der Waals surface area contributed by atoms with Gasteiger partial charge in [0.1, 0.15) is 16.2 Å². The minimum atomic E-state index is -1.64. The first-order chi connectivity index (χ1) is 16.3. The van der Waals surface area contributed by atoms with Crippen LogP contribution in [0, 0.1) is 5.41 Å². The number of pyridine rings is 2. The van der Waals surface area contributed by atoms with Gasteiger partial charge in [0.2, 0.25) is 17.4 Å². The van der Waals surface area contributed by atoms with Crippen molar-refractivity contribution in [2.75, 3.05) is 11.4 Å². The third-order valence-electron chi connectivity index (χ3n) is 6.73. The molecule has 6 heterocycles. The van der Waals surface area contributed by atoms with E-state index < -0.39 is 35.4 Å². The molecule has 2 N–H and O–H groups in total. The quantitative estimate of drug-likeness (QED) is 0.497. The Bertz CT molecular complexity index is 1360. The molecule has 0 radical (unpaired) electrons. The van der Waals surface area contributed by atoms with Crippen LogP contribution < -0.4 is 15.5 Å².